The molecule has 0 radical (unpaired) electrons. The molecule has 0 bridgehead atoms. The van der Waals surface area contributed by atoms with Crippen LogP contribution in [0.25, 0.3) is 0 Å². The first-order chi connectivity index (χ1) is 8.86. The Morgan fingerprint density at radius 3 is 2.63 bits per heavy atom. The maximum atomic E-state index is 12.4. The first kappa shape index (κ1) is 15.6. The molecule has 0 aliphatic rings. The lowest BCUT2D eigenvalue weighted by Crippen LogP contribution is -2.32. The molecule has 0 aliphatic carbocycles. The van der Waals surface area contributed by atoms with Gasteiger partial charge in [0, 0.05) is 28.8 Å². The van der Waals surface area contributed by atoms with Crippen molar-refractivity contribution in [3.63, 3.8) is 0 Å². The zero-order valence-corrected chi connectivity index (χ0v) is 13.0. The highest BCUT2D eigenvalue weighted by molar-refractivity contribution is 14.1. The molecule has 19 heavy (non-hydrogen) atoms. The number of halogens is 1. The van der Waals surface area contributed by atoms with Gasteiger partial charge in [-0.2, -0.15) is 0 Å². The number of amides is 1. The molecule has 0 aromatic heterocycles. The average Bonchev–Trinajstić information content (AvgIpc) is 2.35. The first-order valence-electron chi connectivity index (χ1n) is 5.74. The smallest absolute Gasteiger partial charge is 0.270 e. The highest BCUT2D eigenvalue weighted by atomic mass is 127. The van der Waals surface area contributed by atoms with Crippen LogP contribution in [0, 0.1) is 13.7 Å². The van der Waals surface area contributed by atoms with Gasteiger partial charge in [-0.25, -0.2) is 0 Å². The number of nitro groups is 1. The highest BCUT2D eigenvalue weighted by Crippen LogP contribution is 2.21. The van der Waals surface area contributed by atoms with Gasteiger partial charge in [0.05, 0.1) is 10.5 Å². The van der Waals surface area contributed by atoms with E-state index >= 15 is 0 Å². The molecular formula is C13H15IN2O3. The Balaban J connectivity index is 3.13. The standard InChI is InChI=1S/C13H15IN2O3/c1-4-15(8-9(2)3)13(17)11-7-10(16(18)19)5-6-12(11)14/h5-7H,2,4,8H2,1,3H3. The number of non-ortho nitro benzene ring substituents is 1. The summed E-state index contributed by atoms with van der Waals surface area (Å²) in [5.74, 6) is -0.210. The number of benzene rings is 1. The van der Waals surface area contributed by atoms with E-state index in [1.54, 1.807) is 11.0 Å². The van der Waals surface area contributed by atoms with E-state index in [1.807, 2.05) is 36.4 Å². The third kappa shape index (κ3) is 4.02. The molecule has 0 aliphatic heterocycles. The summed E-state index contributed by atoms with van der Waals surface area (Å²) in [6.45, 7) is 8.48. The van der Waals surface area contributed by atoms with E-state index in [9.17, 15) is 14.9 Å². The van der Waals surface area contributed by atoms with E-state index in [0.29, 0.717) is 22.2 Å². The lowest BCUT2D eigenvalue weighted by Gasteiger charge is -2.21. The summed E-state index contributed by atoms with van der Waals surface area (Å²) in [6.07, 6.45) is 0. The van der Waals surface area contributed by atoms with Crippen molar-refractivity contribution in [1.82, 2.24) is 4.90 Å². The fraction of sp³-hybridized carbons (Fsp3) is 0.308. The minimum Gasteiger partial charge on any atom is -0.335 e. The van der Waals surface area contributed by atoms with Crippen LogP contribution in [0.3, 0.4) is 0 Å². The number of nitrogens with zero attached hydrogens (tertiary/aromatic N) is 2. The van der Waals surface area contributed by atoms with Crippen molar-refractivity contribution in [2.75, 3.05) is 13.1 Å². The molecule has 1 amide bonds. The monoisotopic (exact) mass is 374 g/mol. The molecule has 0 saturated carbocycles. The Hall–Kier alpha value is -1.44. The third-order valence-corrected chi connectivity index (χ3v) is 3.46. The van der Waals surface area contributed by atoms with Crippen molar-refractivity contribution in [3.05, 3.63) is 49.6 Å². The van der Waals surface area contributed by atoms with Gasteiger partial charge in [0.25, 0.3) is 11.6 Å². The summed E-state index contributed by atoms with van der Waals surface area (Å²) in [4.78, 5) is 24.2. The van der Waals surface area contributed by atoms with Crippen molar-refractivity contribution in [1.29, 1.82) is 0 Å². The number of nitro benzene ring substituents is 1. The van der Waals surface area contributed by atoms with Crippen molar-refractivity contribution < 1.29 is 9.72 Å². The fourth-order valence-electron chi connectivity index (χ4n) is 1.61. The van der Waals surface area contributed by atoms with Gasteiger partial charge in [-0.3, -0.25) is 14.9 Å². The van der Waals surface area contributed by atoms with Crippen molar-refractivity contribution in [2.45, 2.75) is 13.8 Å². The van der Waals surface area contributed by atoms with E-state index in [2.05, 4.69) is 6.58 Å². The second-order valence-corrected chi connectivity index (χ2v) is 5.36. The van der Waals surface area contributed by atoms with Crippen molar-refractivity contribution in [2.24, 2.45) is 0 Å². The van der Waals surface area contributed by atoms with Gasteiger partial charge < -0.3 is 4.90 Å². The zero-order valence-electron chi connectivity index (χ0n) is 10.9. The van der Waals surface area contributed by atoms with Crippen LogP contribution in [0.15, 0.2) is 30.4 Å². The molecule has 0 unspecified atom stereocenters. The molecule has 1 aromatic carbocycles. The Bertz CT molecular complexity index is 529. The maximum absolute atomic E-state index is 12.4. The molecule has 0 spiro atoms. The van der Waals surface area contributed by atoms with Crippen LogP contribution in [0.2, 0.25) is 0 Å². The van der Waals surface area contributed by atoms with Crippen molar-refractivity contribution in [3.8, 4) is 0 Å². The quantitative estimate of drug-likeness (QED) is 0.344. The van der Waals surface area contributed by atoms with E-state index in [-0.39, 0.29) is 11.6 Å². The molecule has 102 valence electrons. The number of hydrogen-bond donors (Lipinski definition) is 0. The molecule has 0 heterocycles. The second-order valence-electron chi connectivity index (χ2n) is 4.20. The normalized spacial score (nSPS) is 10.1. The summed E-state index contributed by atoms with van der Waals surface area (Å²) < 4.78 is 0.702. The van der Waals surface area contributed by atoms with Crippen molar-refractivity contribution >= 4 is 34.2 Å². The summed E-state index contributed by atoms with van der Waals surface area (Å²) in [7, 11) is 0. The minimum absolute atomic E-state index is 0.0739. The summed E-state index contributed by atoms with van der Waals surface area (Å²) in [5.41, 5.74) is 1.16. The topological polar surface area (TPSA) is 63.5 Å². The van der Waals surface area contributed by atoms with Crippen LogP contribution in [0.1, 0.15) is 24.2 Å². The number of carbonyl (C=O) groups is 1. The Morgan fingerprint density at radius 1 is 1.53 bits per heavy atom. The number of carbonyl (C=O) groups excluding carboxylic acids is 1. The van der Waals surface area contributed by atoms with E-state index in [1.165, 1.54) is 12.1 Å². The van der Waals surface area contributed by atoms with Gasteiger partial charge in [0.15, 0.2) is 0 Å². The minimum atomic E-state index is -0.498. The average molecular weight is 374 g/mol. The molecule has 1 rings (SSSR count). The van der Waals surface area contributed by atoms with Crippen LogP contribution < -0.4 is 0 Å². The van der Waals surface area contributed by atoms with E-state index in [4.69, 9.17) is 0 Å². The Labute approximate surface area is 125 Å². The lowest BCUT2D eigenvalue weighted by molar-refractivity contribution is -0.384. The highest BCUT2D eigenvalue weighted by Gasteiger charge is 2.20. The molecule has 1 aromatic rings. The Kier molecular flexibility index (Phi) is 5.46. The molecule has 6 heteroatoms. The molecule has 0 N–H and O–H groups in total. The fourth-order valence-corrected chi connectivity index (χ4v) is 2.18. The lowest BCUT2D eigenvalue weighted by atomic mass is 10.1. The predicted molar refractivity (Wildman–Crippen MR) is 82.2 cm³/mol. The molecule has 0 fully saturated rings. The summed E-state index contributed by atoms with van der Waals surface area (Å²) >= 11 is 2.01. The van der Waals surface area contributed by atoms with Gasteiger partial charge in [0.1, 0.15) is 0 Å². The van der Waals surface area contributed by atoms with Crippen LogP contribution in [0.5, 0.6) is 0 Å². The number of rotatable bonds is 5. The van der Waals surface area contributed by atoms with Gasteiger partial charge in [0.2, 0.25) is 0 Å². The largest absolute Gasteiger partial charge is 0.335 e. The first-order valence-corrected chi connectivity index (χ1v) is 6.82. The van der Waals surface area contributed by atoms with Gasteiger partial charge in [-0.15, -0.1) is 0 Å². The number of hydrogen-bond acceptors (Lipinski definition) is 3. The van der Waals surface area contributed by atoms with Crippen LogP contribution in [-0.2, 0) is 0 Å². The van der Waals surface area contributed by atoms with E-state index in [0.717, 1.165) is 5.57 Å². The number of likely N-dealkylation sites (N-methyl/N-ethyl adjacent to an activating group) is 1. The molecule has 0 saturated heterocycles. The predicted octanol–water partition coefficient (Wildman–Crippen LogP) is 3.24. The van der Waals surface area contributed by atoms with E-state index < -0.39 is 4.92 Å². The second kappa shape index (κ2) is 6.65. The third-order valence-electron chi connectivity index (χ3n) is 2.52. The van der Waals surface area contributed by atoms with Gasteiger partial charge in [-0.1, -0.05) is 12.2 Å². The molecule has 0 atom stereocenters. The van der Waals surface area contributed by atoms with Crippen LogP contribution >= 0.6 is 22.6 Å². The molecular weight excluding hydrogens is 359 g/mol. The Morgan fingerprint density at radius 2 is 2.16 bits per heavy atom. The summed E-state index contributed by atoms with van der Waals surface area (Å²) in [5, 5.41) is 10.8. The summed E-state index contributed by atoms with van der Waals surface area (Å²) in [6, 6.07) is 4.30. The zero-order chi connectivity index (χ0) is 14.6. The maximum Gasteiger partial charge on any atom is 0.270 e. The SMILES string of the molecule is C=C(C)CN(CC)C(=O)c1cc([N+](=O)[O-])ccc1I. The van der Waals surface area contributed by atoms with Crippen LogP contribution in [0.4, 0.5) is 5.69 Å². The van der Waals surface area contributed by atoms with Gasteiger partial charge in [-0.05, 0) is 42.5 Å². The molecule has 5 nitrogen and oxygen atoms in total. The van der Waals surface area contributed by atoms with Crippen LogP contribution in [-0.4, -0.2) is 28.8 Å². The van der Waals surface area contributed by atoms with Gasteiger partial charge >= 0.3 is 0 Å².